The second-order valence-corrected chi connectivity index (χ2v) is 4.63. The lowest BCUT2D eigenvalue weighted by Crippen LogP contribution is -2.08. The molecule has 3 rings (SSSR count). The van der Waals surface area contributed by atoms with Gasteiger partial charge in [-0.25, -0.2) is 0 Å². The Morgan fingerprint density at radius 2 is 1.85 bits per heavy atom. The third kappa shape index (κ3) is 2.26. The molecule has 2 aromatic carbocycles. The molecule has 1 N–H and O–H groups in total. The Morgan fingerprint density at radius 1 is 1.15 bits per heavy atom. The van der Waals surface area contributed by atoms with E-state index in [0.717, 1.165) is 11.3 Å². The standard InChI is InChI=1S/C16H14O4/c1-19-11-8-6-10(7-9-11)15-16(20-15)14(18)12-4-2-3-5-13(12)17/h2-9,15-17H,1H3/t15-,16-/m0/s1. The van der Waals surface area contributed by atoms with Crippen molar-refractivity contribution in [3.8, 4) is 11.5 Å². The number of phenolic OH excluding ortho intramolecular Hbond substituents is 1. The van der Waals surface area contributed by atoms with Crippen molar-refractivity contribution in [2.75, 3.05) is 7.11 Å². The number of hydrogen-bond acceptors (Lipinski definition) is 4. The molecule has 0 aliphatic carbocycles. The number of Topliss-reactive ketones (excluding diaryl/α,β-unsaturated/α-hetero) is 1. The number of carbonyl (C=O) groups excluding carboxylic acids is 1. The number of benzene rings is 2. The zero-order valence-electron chi connectivity index (χ0n) is 10.9. The summed E-state index contributed by atoms with van der Waals surface area (Å²) in [6.07, 6.45) is -0.760. The first-order chi connectivity index (χ1) is 9.70. The molecule has 2 atom stereocenters. The minimum atomic E-state index is -0.517. The Balaban J connectivity index is 1.75. The van der Waals surface area contributed by atoms with Crippen LogP contribution in [0, 0.1) is 0 Å². The van der Waals surface area contributed by atoms with Crippen LogP contribution in [0.2, 0.25) is 0 Å². The highest BCUT2D eigenvalue weighted by molar-refractivity contribution is 6.03. The molecule has 20 heavy (non-hydrogen) atoms. The van der Waals surface area contributed by atoms with Crippen molar-refractivity contribution in [1.82, 2.24) is 0 Å². The molecule has 4 nitrogen and oxygen atoms in total. The van der Waals surface area contributed by atoms with Crippen LogP contribution in [0.3, 0.4) is 0 Å². The van der Waals surface area contributed by atoms with E-state index < -0.39 is 6.10 Å². The maximum atomic E-state index is 12.2. The van der Waals surface area contributed by atoms with E-state index in [-0.39, 0.29) is 17.6 Å². The molecular weight excluding hydrogens is 256 g/mol. The molecule has 0 radical (unpaired) electrons. The molecule has 0 spiro atoms. The number of rotatable bonds is 4. The number of epoxide rings is 1. The number of hydrogen-bond donors (Lipinski definition) is 1. The number of carbonyl (C=O) groups is 1. The smallest absolute Gasteiger partial charge is 0.198 e. The minimum absolute atomic E-state index is 0.0125. The van der Waals surface area contributed by atoms with Crippen LogP contribution in [0.15, 0.2) is 48.5 Å². The van der Waals surface area contributed by atoms with Crippen molar-refractivity contribution >= 4 is 5.78 Å². The Morgan fingerprint density at radius 3 is 2.50 bits per heavy atom. The number of phenols is 1. The van der Waals surface area contributed by atoms with Crippen LogP contribution < -0.4 is 4.74 Å². The Labute approximate surface area is 116 Å². The quantitative estimate of drug-likeness (QED) is 0.685. The fraction of sp³-hybridized carbons (Fsp3) is 0.188. The molecule has 1 heterocycles. The van der Waals surface area contributed by atoms with E-state index in [9.17, 15) is 9.90 Å². The van der Waals surface area contributed by atoms with Crippen molar-refractivity contribution in [3.05, 3.63) is 59.7 Å². The van der Waals surface area contributed by atoms with E-state index in [1.54, 1.807) is 25.3 Å². The van der Waals surface area contributed by atoms with Gasteiger partial charge in [0.05, 0.1) is 12.7 Å². The fourth-order valence-corrected chi connectivity index (χ4v) is 2.19. The molecule has 1 fully saturated rings. The summed E-state index contributed by atoms with van der Waals surface area (Å²) in [6, 6.07) is 13.9. The summed E-state index contributed by atoms with van der Waals surface area (Å²) in [5, 5.41) is 9.69. The number of ketones is 1. The lowest BCUT2D eigenvalue weighted by Gasteiger charge is -2.02. The number of aromatic hydroxyl groups is 1. The second kappa shape index (κ2) is 4.98. The van der Waals surface area contributed by atoms with Gasteiger partial charge in [-0.15, -0.1) is 0 Å². The molecule has 0 saturated carbocycles. The molecule has 0 aromatic heterocycles. The van der Waals surface area contributed by atoms with Gasteiger partial charge < -0.3 is 14.6 Å². The van der Waals surface area contributed by atoms with Crippen LogP contribution in [-0.2, 0) is 4.74 Å². The average Bonchev–Trinajstić information content (AvgIpc) is 3.28. The Hall–Kier alpha value is -2.33. The largest absolute Gasteiger partial charge is 0.507 e. The fourth-order valence-electron chi connectivity index (χ4n) is 2.19. The summed E-state index contributed by atoms with van der Waals surface area (Å²) in [5.74, 6) is 0.559. The molecule has 1 saturated heterocycles. The van der Waals surface area contributed by atoms with Gasteiger partial charge in [0, 0.05) is 0 Å². The zero-order valence-corrected chi connectivity index (χ0v) is 10.9. The van der Waals surface area contributed by atoms with Crippen LogP contribution in [-0.4, -0.2) is 24.1 Å². The van der Waals surface area contributed by atoms with Gasteiger partial charge in [-0.05, 0) is 29.8 Å². The van der Waals surface area contributed by atoms with Crippen LogP contribution in [0.5, 0.6) is 11.5 Å². The molecule has 1 aliphatic heterocycles. The summed E-state index contributed by atoms with van der Waals surface area (Å²) in [5.41, 5.74) is 1.23. The van der Waals surface area contributed by atoms with Gasteiger partial charge in [-0.3, -0.25) is 4.79 Å². The van der Waals surface area contributed by atoms with Gasteiger partial charge >= 0.3 is 0 Å². The first-order valence-electron chi connectivity index (χ1n) is 6.32. The molecule has 2 aromatic rings. The molecule has 0 unspecified atom stereocenters. The van der Waals surface area contributed by atoms with E-state index in [2.05, 4.69) is 0 Å². The average molecular weight is 270 g/mol. The van der Waals surface area contributed by atoms with Crippen LogP contribution in [0.4, 0.5) is 0 Å². The molecule has 0 amide bonds. The number of methoxy groups -OCH3 is 1. The van der Waals surface area contributed by atoms with E-state index in [1.807, 2.05) is 24.3 Å². The van der Waals surface area contributed by atoms with Gasteiger partial charge in [0.2, 0.25) is 0 Å². The van der Waals surface area contributed by atoms with Crippen LogP contribution >= 0.6 is 0 Å². The molecule has 0 bridgehead atoms. The second-order valence-electron chi connectivity index (χ2n) is 4.63. The topological polar surface area (TPSA) is 59.1 Å². The van der Waals surface area contributed by atoms with Crippen LogP contribution in [0.1, 0.15) is 22.0 Å². The highest BCUT2D eigenvalue weighted by atomic mass is 16.6. The van der Waals surface area contributed by atoms with Crippen LogP contribution in [0.25, 0.3) is 0 Å². The van der Waals surface area contributed by atoms with Crippen molar-refractivity contribution < 1.29 is 19.4 Å². The highest BCUT2D eigenvalue weighted by Gasteiger charge is 2.46. The summed E-state index contributed by atoms with van der Waals surface area (Å²) in [7, 11) is 1.60. The summed E-state index contributed by atoms with van der Waals surface area (Å²) >= 11 is 0. The normalized spacial score (nSPS) is 20.4. The number of ether oxygens (including phenoxy) is 2. The predicted octanol–water partition coefficient (Wildman–Crippen LogP) is 2.72. The maximum absolute atomic E-state index is 12.2. The van der Waals surface area contributed by atoms with Crippen molar-refractivity contribution in [1.29, 1.82) is 0 Å². The van der Waals surface area contributed by atoms with Gasteiger partial charge in [0.1, 0.15) is 17.6 Å². The van der Waals surface area contributed by atoms with Gasteiger partial charge in [-0.1, -0.05) is 24.3 Å². The third-order valence-corrected chi connectivity index (χ3v) is 3.36. The predicted molar refractivity (Wildman–Crippen MR) is 73.0 cm³/mol. The zero-order chi connectivity index (χ0) is 14.1. The molecule has 1 aliphatic rings. The van der Waals surface area contributed by atoms with Crippen molar-refractivity contribution in [3.63, 3.8) is 0 Å². The summed E-state index contributed by atoms with van der Waals surface area (Å²) < 4.78 is 10.5. The summed E-state index contributed by atoms with van der Waals surface area (Å²) in [6.45, 7) is 0. The Kier molecular flexibility index (Phi) is 3.16. The monoisotopic (exact) mass is 270 g/mol. The minimum Gasteiger partial charge on any atom is -0.507 e. The molecule has 4 heteroatoms. The molecular formula is C16H14O4. The van der Waals surface area contributed by atoms with Gasteiger partial charge in [-0.2, -0.15) is 0 Å². The van der Waals surface area contributed by atoms with Crippen molar-refractivity contribution in [2.24, 2.45) is 0 Å². The van der Waals surface area contributed by atoms with E-state index >= 15 is 0 Å². The van der Waals surface area contributed by atoms with E-state index in [1.165, 1.54) is 6.07 Å². The third-order valence-electron chi connectivity index (χ3n) is 3.36. The maximum Gasteiger partial charge on any atom is 0.198 e. The van der Waals surface area contributed by atoms with E-state index in [4.69, 9.17) is 9.47 Å². The van der Waals surface area contributed by atoms with E-state index in [0.29, 0.717) is 5.56 Å². The highest BCUT2D eigenvalue weighted by Crippen LogP contribution is 2.41. The number of para-hydroxylation sites is 1. The first-order valence-corrected chi connectivity index (χ1v) is 6.32. The lowest BCUT2D eigenvalue weighted by atomic mass is 10.0. The SMILES string of the molecule is COc1ccc([C@@H]2O[C@H]2C(=O)c2ccccc2O)cc1. The molecule has 102 valence electrons. The van der Waals surface area contributed by atoms with Gasteiger partial charge in [0.15, 0.2) is 11.9 Å². The summed E-state index contributed by atoms with van der Waals surface area (Å²) in [4.78, 5) is 12.2. The van der Waals surface area contributed by atoms with Crippen molar-refractivity contribution in [2.45, 2.75) is 12.2 Å². The van der Waals surface area contributed by atoms with Gasteiger partial charge in [0.25, 0.3) is 0 Å². The first kappa shape index (κ1) is 12.7. The lowest BCUT2D eigenvalue weighted by molar-refractivity contribution is 0.0951. The Bertz CT molecular complexity index is 633.